The van der Waals surface area contributed by atoms with Gasteiger partial charge in [0.2, 0.25) is 5.91 Å². The van der Waals surface area contributed by atoms with Crippen molar-refractivity contribution in [1.82, 2.24) is 10.6 Å². The van der Waals surface area contributed by atoms with E-state index in [-0.39, 0.29) is 18.3 Å². The Morgan fingerprint density at radius 2 is 1.90 bits per heavy atom. The van der Waals surface area contributed by atoms with E-state index in [2.05, 4.69) is 53.1 Å². The molecule has 0 bridgehead atoms. The molecule has 0 unspecified atom stereocenters. The Bertz CT molecular complexity index is 572. The summed E-state index contributed by atoms with van der Waals surface area (Å²) in [7, 11) is 1.77. The van der Waals surface area contributed by atoms with Gasteiger partial charge in [-0.15, -0.1) is 12.4 Å². The zero-order valence-electron chi connectivity index (χ0n) is 12.1. The topological polar surface area (TPSA) is 41.1 Å². The lowest BCUT2D eigenvalue weighted by atomic mass is 10.1. The van der Waals surface area contributed by atoms with Gasteiger partial charge in [0.15, 0.2) is 0 Å². The standard InChI is InChI=1S/C16H20N2OS.ClH/c1-17-11-16(19)18-9-10-20-12-14-7-4-6-13-5-2-3-8-15(13)14;/h2-8,17H,9-12H2,1H3,(H,18,19);1H. The van der Waals surface area contributed by atoms with Crippen molar-refractivity contribution in [3.05, 3.63) is 48.0 Å². The lowest BCUT2D eigenvalue weighted by Crippen LogP contribution is -2.33. The summed E-state index contributed by atoms with van der Waals surface area (Å²) in [5.41, 5.74) is 1.36. The Labute approximate surface area is 136 Å². The van der Waals surface area contributed by atoms with Gasteiger partial charge in [-0.2, -0.15) is 11.8 Å². The van der Waals surface area contributed by atoms with E-state index in [4.69, 9.17) is 0 Å². The summed E-state index contributed by atoms with van der Waals surface area (Å²) in [6.45, 7) is 1.10. The van der Waals surface area contributed by atoms with Crippen LogP contribution in [-0.4, -0.2) is 31.8 Å². The van der Waals surface area contributed by atoms with Crippen LogP contribution in [0.15, 0.2) is 42.5 Å². The van der Waals surface area contributed by atoms with Crippen molar-refractivity contribution >= 4 is 40.8 Å². The first-order valence-corrected chi connectivity index (χ1v) is 7.92. The van der Waals surface area contributed by atoms with Gasteiger partial charge in [-0.25, -0.2) is 0 Å². The number of benzene rings is 2. The molecule has 0 aromatic heterocycles. The quantitative estimate of drug-likeness (QED) is 0.770. The van der Waals surface area contributed by atoms with Crippen molar-refractivity contribution in [2.45, 2.75) is 5.75 Å². The molecule has 1 amide bonds. The predicted octanol–water partition coefficient (Wildman–Crippen LogP) is 2.83. The molecule has 2 aromatic carbocycles. The van der Waals surface area contributed by atoms with Gasteiger partial charge in [0.25, 0.3) is 0 Å². The number of thioether (sulfide) groups is 1. The molecule has 0 aliphatic heterocycles. The normalized spacial score (nSPS) is 10.1. The molecule has 2 aromatic rings. The second-order valence-corrected chi connectivity index (χ2v) is 5.68. The lowest BCUT2D eigenvalue weighted by molar-refractivity contribution is -0.120. The number of fused-ring (bicyclic) bond motifs is 1. The minimum absolute atomic E-state index is 0. The molecule has 0 atom stereocenters. The average Bonchev–Trinajstić information content (AvgIpc) is 2.47. The molecule has 2 rings (SSSR count). The first kappa shape index (κ1) is 17.8. The second-order valence-electron chi connectivity index (χ2n) is 4.57. The summed E-state index contributed by atoms with van der Waals surface area (Å²) in [6, 6.07) is 14.9. The van der Waals surface area contributed by atoms with Crippen LogP contribution in [0.25, 0.3) is 10.8 Å². The molecule has 0 saturated heterocycles. The zero-order chi connectivity index (χ0) is 14.2. The molecule has 2 N–H and O–H groups in total. The Morgan fingerprint density at radius 1 is 1.14 bits per heavy atom. The van der Waals surface area contributed by atoms with Crippen LogP contribution in [0.1, 0.15) is 5.56 Å². The fourth-order valence-corrected chi connectivity index (χ4v) is 2.95. The Hall–Kier alpha value is -1.23. The van der Waals surface area contributed by atoms with E-state index in [1.807, 2.05) is 11.8 Å². The summed E-state index contributed by atoms with van der Waals surface area (Å²) < 4.78 is 0. The molecule has 5 heteroatoms. The van der Waals surface area contributed by atoms with Crippen LogP contribution >= 0.6 is 24.2 Å². The molecule has 0 fully saturated rings. The summed E-state index contributed by atoms with van der Waals surface area (Å²) >= 11 is 1.85. The van der Waals surface area contributed by atoms with Crippen LogP contribution < -0.4 is 10.6 Å². The maximum absolute atomic E-state index is 11.3. The average molecular weight is 325 g/mol. The molecular weight excluding hydrogens is 304 g/mol. The molecular formula is C16H21ClN2OS. The van der Waals surface area contributed by atoms with Crippen molar-refractivity contribution in [3.8, 4) is 0 Å². The number of carbonyl (C=O) groups is 1. The van der Waals surface area contributed by atoms with Crippen molar-refractivity contribution in [1.29, 1.82) is 0 Å². The molecule has 0 spiro atoms. The van der Waals surface area contributed by atoms with Crippen LogP contribution in [0, 0.1) is 0 Å². The predicted molar refractivity (Wildman–Crippen MR) is 94.3 cm³/mol. The highest BCUT2D eigenvalue weighted by Crippen LogP contribution is 2.22. The van der Waals surface area contributed by atoms with Gasteiger partial charge < -0.3 is 10.6 Å². The maximum atomic E-state index is 11.3. The van der Waals surface area contributed by atoms with Crippen LogP contribution in [0.3, 0.4) is 0 Å². The number of likely N-dealkylation sites (N-methyl/N-ethyl adjacent to an activating group) is 1. The first-order chi connectivity index (χ1) is 9.81. The number of hydrogen-bond acceptors (Lipinski definition) is 3. The smallest absolute Gasteiger partial charge is 0.233 e. The number of halogens is 1. The minimum atomic E-state index is 0. The van der Waals surface area contributed by atoms with Gasteiger partial charge in [0.05, 0.1) is 6.54 Å². The fraction of sp³-hybridized carbons (Fsp3) is 0.312. The molecule has 114 valence electrons. The molecule has 0 heterocycles. The number of carbonyl (C=O) groups excluding carboxylic acids is 1. The van der Waals surface area contributed by atoms with Gasteiger partial charge in [0.1, 0.15) is 0 Å². The summed E-state index contributed by atoms with van der Waals surface area (Å²) in [6.07, 6.45) is 0. The summed E-state index contributed by atoms with van der Waals surface area (Å²) in [5, 5.41) is 8.33. The lowest BCUT2D eigenvalue weighted by Gasteiger charge is -2.07. The fourth-order valence-electron chi connectivity index (χ4n) is 2.09. The van der Waals surface area contributed by atoms with Gasteiger partial charge in [-0.1, -0.05) is 42.5 Å². The minimum Gasteiger partial charge on any atom is -0.354 e. The second kappa shape index (κ2) is 9.66. The first-order valence-electron chi connectivity index (χ1n) is 6.77. The van der Waals surface area contributed by atoms with E-state index >= 15 is 0 Å². The highest BCUT2D eigenvalue weighted by molar-refractivity contribution is 7.98. The van der Waals surface area contributed by atoms with Crippen molar-refractivity contribution in [3.63, 3.8) is 0 Å². The van der Waals surface area contributed by atoms with E-state index in [1.54, 1.807) is 7.05 Å². The Balaban J connectivity index is 0.00000220. The number of amides is 1. The third-order valence-electron chi connectivity index (χ3n) is 3.04. The van der Waals surface area contributed by atoms with E-state index < -0.39 is 0 Å². The van der Waals surface area contributed by atoms with E-state index in [0.29, 0.717) is 6.54 Å². The van der Waals surface area contributed by atoms with Crippen molar-refractivity contribution < 1.29 is 4.79 Å². The van der Waals surface area contributed by atoms with Crippen molar-refractivity contribution in [2.75, 3.05) is 25.9 Å². The number of nitrogens with one attached hydrogen (secondary N) is 2. The largest absolute Gasteiger partial charge is 0.354 e. The van der Waals surface area contributed by atoms with E-state index in [1.165, 1.54) is 16.3 Å². The van der Waals surface area contributed by atoms with Gasteiger partial charge in [-0.3, -0.25) is 4.79 Å². The highest BCUT2D eigenvalue weighted by Gasteiger charge is 2.01. The monoisotopic (exact) mass is 324 g/mol. The molecule has 3 nitrogen and oxygen atoms in total. The van der Waals surface area contributed by atoms with Crippen molar-refractivity contribution in [2.24, 2.45) is 0 Å². The molecule has 0 aliphatic carbocycles. The van der Waals surface area contributed by atoms with E-state index in [9.17, 15) is 4.79 Å². The highest BCUT2D eigenvalue weighted by atomic mass is 35.5. The van der Waals surface area contributed by atoms with Crippen LogP contribution in [0.2, 0.25) is 0 Å². The van der Waals surface area contributed by atoms with Crippen LogP contribution in [0.5, 0.6) is 0 Å². The van der Waals surface area contributed by atoms with Crippen LogP contribution in [0.4, 0.5) is 0 Å². The third-order valence-corrected chi connectivity index (χ3v) is 4.05. The summed E-state index contributed by atoms with van der Waals surface area (Å²) in [4.78, 5) is 11.3. The van der Waals surface area contributed by atoms with Gasteiger partial charge in [-0.05, 0) is 23.4 Å². The summed E-state index contributed by atoms with van der Waals surface area (Å²) in [5.74, 6) is 1.96. The molecule has 0 saturated carbocycles. The van der Waals surface area contributed by atoms with Gasteiger partial charge >= 0.3 is 0 Å². The van der Waals surface area contributed by atoms with E-state index in [0.717, 1.165) is 18.1 Å². The maximum Gasteiger partial charge on any atom is 0.233 e. The molecule has 0 radical (unpaired) electrons. The zero-order valence-corrected chi connectivity index (χ0v) is 13.7. The SMILES string of the molecule is CNCC(=O)NCCSCc1cccc2ccccc12.Cl. The third kappa shape index (κ3) is 5.58. The number of hydrogen-bond donors (Lipinski definition) is 2. The Morgan fingerprint density at radius 3 is 2.71 bits per heavy atom. The number of rotatable bonds is 7. The van der Waals surface area contributed by atoms with Crippen LogP contribution in [-0.2, 0) is 10.5 Å². The van der Waals surface area contributed by atoms with Gasteiger partial charge in [0, 0.05) is 18.1 Å². The molecule has 0 aliphatic rings. The Kier molecular flexibility index (Phi) is 8.20. The molecule has 21 heavy (non-hydrogen) atoms.